The highest BCUT2D eigenvalue weighted by molar-refractivity contribution is 6.34. The summed E-state index contributed by atoms with van der Waals surface area (Å²) in [5, 5.41) is 18.3. The molecule has 13 nitrogen and oxygen atoms in total. The van der Waals surface area contributed by atoms with Crippen LogP contribution in [-0.2, 0) is 29.5 Å². The van der Waals surface area contributed by atoms with Crippen molar-refractivity contribution in [1.82, 2.24) is 29.1 Å². The number of aromatic nitrogens is 4. The van der Waals surface area contributed by atoms with Crippen LogP contribution in [0.2, 0.25) is 5.02 Å². The highest BCUT2D eigenvalue weighted by Gasteiger charge is 2.40. The van der Waals surface area contributed by atoms with E-state index < -0.39 is 23.1 Å². The molecule has 0 saturated carbocycles. The third kappa shape index (κ3) is 8.59. The number of piperazine rings is 1. The van der Waals surface area contributed by atoms with Crippen LogP contribution in [0, 0.1) is 11.6 Å². The quantitative estimate of drug-likeness (QED) is 0.212. The molecule has 2 N–H and O–H groups in total. The molecule has 294 valence electrons. The van der Waals surface area contributed by atoms with E-state index in [1.165, 1.54) is 42.1 Å². The maximum atomic E-state index is 15.6. The molecular weight excluding hydrogens is 734 g/mol. The zero-order valence-electron chi connectivity index (χ0n) is 31.9. The number of anilines is 1. The van der Waals surface area contributed by atoms with Gasteiger partial charge < -0.3 is 34.0 Å². The summed E-state index contributed by atoms with van der Waals surface area (Å²) in [4.78, 5) is 47.3. The molecule has 4 aromatic rings. The van der Waals surface area contributed by atoms with Gasteiger partial charge in [0, 0.05) is 81.8 Å². The molecule has 2 aromatic carbocycles. The molecule has 2 aliphatic rings. The molecule has 0 spiro atoms. The number of nitrogens with zero attached hydrogens (tertiary/aromatic N) is 7. The predicted molar refractivity (Wildman–Crippen MR) is 204 cm³/mol. The summed E-state index contributed by atoms with van der Waals surface area (Å²) in [5.41, 5.74) is 0.853. The molecule has 2 saturated heterocycles. The summed E-state index contributed by atoms with van der Waals surface area (Å²) in [6, 6.07) is 7.46. The minimum Gasteiger partial charge on any atom is -0.389 e. The number of likely N-dealkylation sites (tertiary alicyclic amines) is 1. The van der Waals surface area contributed by atoms with E-state index >= 15 is 8.78 Å². The lowest BCUT2D eigenvalue weighted by atomic mass is 9.87. The molecule has 0 radical (unpaired) electrons. The molecule has 0 atom stereocenters. The van der Waals surface area contributed by atoms with Crippen LogP contribution in [0.5, 0.6) is 0 Å². The Labute approximate surface area is 324 Å². The third-order valence-corrected chi connectivity index (χ3v) is 11.1. The maximum Gasteiger partial charge on any atom is 0.291 e. The molecule has 2 fully saturated rings. The average molecular weight is 782 g/mol. The molecule has 55 heavy (non-hydrogen) atoms. The minimum atomic E-state index is -1.08. The summed E-state index contributed by atoms with van der Waals surface area (Å²) < 4.78 is 40.2. The van der Waals surface area contributed by atoms with Crippen molar-refractivity contribution in [2.45, 2.75) is 44.8 Å². The second kappa shape index (κ2) is 16.2. The number of imidazole rings is 1. The maximum absolute atomic E-state index is 15.6. The Kier molecular flexibility index (Phi) is 11.8. The lowest BCUT2D eigenvalue weighted by Crippen LogP contribution is -2.55. The van der Waals surface area contributed by atoms with E-state index in [1.807, 2.05) is 6.92 Å². The molecule has 2 aliphatic heterocycles. The van der Waals surface area contributed by atoms with Crippen molar-refractivity contribution in [2.75, 3.05) is 72.4 Å². The van der Waals surface area contributed by atoms with Crippen LogP contribution < -0.4 is 5.32 Å². The number of aryl methyl sites for hydroxylation is 1. The second-order valence-corrected chi connectivity index (χ2v) is 15.4. The Balaban J connectivity index is 1.08. The van der Waals surface area contributed by atoms with Crippen molar-refractivity contribution >= 4 is 35.0 Å². The molecule has 0 aliphatic carbocycles. The van der Waals surface area contributed by atoms with Crippen LogP contribution in [-0.4, -0.2) is 129 Å². The SMILES string of the molecule is CCc1nn(CCOC)cc1-c1ccc(-c2cnc(C(=O)Nc3ccc(C(=O)N4CCN(C(=O)CC5(O)CC[N+](C)(C)CC5)CC4)c(Cl)c3)n2C)c(F)c1F. The van der Waals surface area contributed by atoms with Crippen LogP contribution in [0.1, 0.15) is 52.9 Å². The van der Waals surface area contributed by atoms with Gasteiger partial charge in [-0.1, -0.05) is 24.6 Å². The molecule has 16 heteroatoms. The number of hydrogen-bond donors (Lipinski definition) is 2. The third-order valence-electron chi connectivity index (χ3n) is 10.8. The van der Waals surface area contributed by atoms with Crippen molar-refractivity contribution in [3.63, 3.8) is 0 Å². The topological polar surface area (TPSA) is 135 Å². The zero-order chi connectivity index (χ0) is 39.7. The number of methoxy groups -OCH3 is 1. The largest absolute Gasteiger partial charge is 0.389 e. The number of quaternary nitrogens is 1. The van der Waals surface area contributed by atoms with E-state index in [0.717, 1.165) is 17.6 Å². The summed E-state index contributed by atoms with van der Waals surface area (Å²) >= 11 is 6.54. The van der Waals surface area contributed by atoms with Crippen LogP contribution >= 0.6 is 11.6 Å². The van der Waals surface area contributed by atoms with Gasteiger partial charge in [0.05, 0.1) is 80.5 Å². The van der Waals surface area contributed by atoms with Gasteiger partial charge in [-0.25, -0.2) is 13.8 Å². The fraction of sp³-hybridized carbons (Fsp3) is 0.462. The Hall–Kier alpha value is -4.70. The Bertz CT molecular complexity index is 2080. The summed E-state index contributed by atoms with van der Waals surface area (Å²) in [6.45, 7) is 5.72. The van der Waals surface area contributed by atoms with Crippen LogP contribution in [0.4, 0.5) is 14.5 Å². The van der Waals surface area contributed by atoms with Gasteiger partial charge >= 0.3 is 0 Å². The smallest absolute Gasteiger partial charge is 0.291 e. The Morgan fingerprint density at radius 3 is 2.31 bits per heavy atom. The Morgan fingerprint density at radius 1 is 1.00 bits per heavy atom. The van der Waals surface area contributed by atoms with Gasteiger partial charge in [0.1, 0.15) is 0 Å². The number of carbonyl (C=O) groups is 3. The van der Waals surface area contributed by atoms with Crippen molar-refractivity contribution < 1.29 is 37.5 Å². The van der Waals surface area contributed by atoms with Crippen LogP contribution in [0.15, 0.2) is 42.7 Å². The highest BCUT2D eigenvalue weighted by atomic mass is 35.5. The van der Waals surface area contributed by atoms with E-state index in [0.29, 0.717) is 75.5 Å². The van der Waals surface area contributed by atoms with Gasteiger partial charge in [0.2, 0.25) is 5.91 Å². The standard InChI is InChI=1S/C39H47ClF2N8O5/c1-6-31-29(24-49(45-31)17-20-55-5)26-9-10-28(35(42)34(26)41)32-23-43-36(46(32)2)37(52)44-25-7-8-27(30(40)21-25)38(53)48-15-13-47(14-16-48)33(51)22-39(54)11-18-50(3,4)19-12-39/h7-10,21,23-24,54H,6,11-20,22H2,1-5H3/p+1. The van der Waals surface area contributed by atoms with Gasteiger partial charge in [0.15, 0.2) is 17.5 Å². The summed E-state index contributed by atoms with van der Waals surface area (Å²) in [6.07, 6.45) is 4.71. The monoisotopic (exact) mass is 781 g/mol. The van der Waals surface area contributed by atoms with Crippen molar-refractivity contribution in [2.24, 2.45) is 7.05 Å². The van der Waals surface area contributed by atoms with Crippen LogP contribution in [0.3, 0.4) is 0 Å². The van der Waals surface area contributed by atoms with Crippen molar-refractivity contribution in [3.05, 3.63) is 76.5 Å². The van der Waals surface area contributed by atoms with Gasteiger partial charge in [-0.3, -0.25) is 19.1 Å². The number of carbonyl (C=O) groups excluding carboxylic acids is 3. The fourth-order valence-electron chi connectivity index (χ4n) is 7.18. The molecule has 3 amide bonds. The number of benzene rings is 2. The van der Waals surface area contributed by atoms with Gasteiger partial charge in [-0.2, -0.15) is 5.10 Å². The molecule has 0 unspecified atom stereocenters. The van der Waals surface area contributed by atoms with E-state index in [2.05, 4.69) is 29.5 Å². The molecular formula is C39H48ClF2N8O5+. The number of amides is 3. The normalized spacial score (nSPS) is 16.7. The first kappa shape index (κ1) is 40.0. The number of hydrogen-bond acceptors (Lipinski definition) is 7. The highest BCUT2D eigenvalue weighted by Crippen LogP contribution is 2.34. The first-order valence-corrected chi connectivity index (χ1v) is 18.8. The predicted octanol–water partition coefficient (Wildman–Crippen LogP) is 4.62. The summed E-state index contributed by atoms with van der Waals surface area (Å²) in [7, 11) is 7.34. The van der Waals surface area contributed by atoms with Gasteiger partial charge in [-0.15, -0.1) is 0 Å². The van der Waals surface area contributed by atoms with Gasteiger partial charge in [-0.05, 0) is 30.7 Å². The number of rotatable bonds is 11. The van der Waals surface area contributed by atoms with Crippen molar-refractivity contribution in [3.8, 4) is 22.4 Å². The van der Waals surface area contributed by atoms with Crippen molar-refractivity contribution in [1.29, 1.82) is 0 Å². The minimum absolute atomic E-state index is 0.0612. The molecule has 2 aromatic heterocycles. The molecule has 0 bridgehead atoms. The average Bonchev–Trinajstić information content (AvgIpc) is 3.76. The fourth-order valence-corrected chi connectivity index (χ4v) is 7.45. The first-order valence-electron chi connectivity index (χ1n) is 18.4. The first-order chi connectivity index (χ1) is 26.1. The van der Waals surface area contributed by atoms with Crippen LogP contribution in [0.25, 0.3) is 22.4 Å². The van der Waals surface area contributed by atoms with E-state index in [4.69, 9.17) is 16.3 Å². The number of piperidine rings is 1. The number of nitrogens with one attached hydrogen (secondary N) is 1. The lowest BCUT2D eigenvalue weighted by molar-refractivity contribution is -0.897. The van der Waals surface area contributed by atoms with Gasteiger partial charge in [0.25, 0.3) is 11.8 Å². The number of ether oxygens (including phenoxy) is 1. The number of aliphatic hydroxyl groups is 1. The van der Waals surface area contributed by atoms with E-state index in [1.54, 1.807) is 33.9 Å². The molecule has 4 heterocycles. The number of halogens is 3. The summed E-state index contributed by atoms with van der Waals surface area (Å²) in [5.74, 6) is -3.23. The lowest BCUT2D eigenvalue weighted by Gasteiger charge is -2.42. The second-order valence-electron chi connectivity index (χ2n) is 15.0. The van der Waals surface area contributed by atoms with E-state index in [-0.39, 0.29) is 51.5 Å². The zero-order valence-corrected chi connectivity index (χ0v) is 32.6. The Morgan fingerprint density at radius 2 is 1.65 bits per heavy atom. The molecule has 6 rings (SSSR count). The van der Waals surface area contributed by atoms with E-state index in [9.17, 15) is 19.5 Å².